The number of carboxylic acid groups (broad SMARTS) is 1. The van der Waals surface area contributed by atoms with Crippen LogP contribution in [0.2, 0.25) is 0 Å². The molecule has 19 heavy (non-hydrogen) atoms. The van der Waals surface area contributed by atoms with Crippen LogP contribution in [0.15, 0.2) is 30.3 Å². The van der Waals surface area contributed by atoms with E-state index in [-0.39, 0.29) is 6.04 Å². The Kier molecular flexibility index (Phi) is 4.22. The van der Waals surface area contributed by atoms with E-state index < -0.39 is 11.5 Å². The summed E-state index contributed by atoms with van der Waals surface area (Å²) in [5.41, 5.74) is 6.25. The van der Waals surface area contributed by atoms with Gasteiger partial charge in [-0.25, -0.2) is 0 Å². The summed E-state index contributed by atoms with van der Waals surface area (Å²) < 4.78 is 0. The first kappa shape index (κ1) is 14.0. The summed E-state index contributed by atoms with van der Waals surface area (Å²) in [6.07, 6.45) is 2.16. The third kappa shape index (κ3) is 2.80. The number of hydrogen-bond acceptors (Lipinski definition) is 3. The third-order valence-corrected chi connectivity index (χ3v) is 4.08. The van der Waals surface area contributed by atoms with Gasteiger partial charge in [-0.05, 0) is 31.4 Å². The Morgan fingerprint density at radius 1 is 1.47 bits per heavy atom. The monoisotopic (exact) mass is 262 g/mol. The fraction of sp³-hybridized carbons (Fsp3) is 0.533. The quantitative estimate of drug-likeness (QED) is 0.869. The Hall–Kier alpha value is -1.39. The van der Waals surface area contributed by atoms with Crippen molar-refractivity contribution in [3.05, 3.63) is 35.9 Å². The Labute approximate surface area is 114 Å². The van der Waals surface area contributed by atoms with Crippen molar-refractivity contribution in [2.24, 2.45) is 5.73 Å². The van der Waals surface area contributed by atoms with Gasteiger partial charge < -0.3 is 10.8 Å². The zero-order valence-electron chi connectivity index (χ0n) is 11.4. The van der Waals surface area contributed by atoms with Crippen LogP contribution in [0, 0.1) is 0 Å². The highest BCUT2D eigenvalue weighted by molar-refractivity contribution is 5.79. The number of rotatable bonds is 4. The first-order valence-corrected chi connectivity index (χ1v) is 6.88. The van der Waals surface area contributed by atoms with Gasteiger partial charge in [-0.3, -0.25) is 9.69 Å². The van der Waals surface area contributed by atoms with Gasteiger partial charge in [0.2, 0.25) is 0 Å². The fourth-order valence-electron chi connectivity index (χ4n) is 3.10. The average Bonchev–Trinajstić information content (AvgIpc) is 2.40. The van der Waals surface area contributed by atoms with E-state index in [0.717, 1.165) is 25.9 Å². The molecule has 1 fully saturated rings. The van der Waals surface area contributed by atoms with Crippen LogP contribution in [0.5, 0.6) is 0 Å². The molecule has 3 N–H and O–H groups in total. The summed E-state index contributed by atoms with van der Waals surface area (Å²) in [4.78, 5) is 13.7. The Morgan fingerprint density at radius 3 is 2.74 bits per heavy atom. The highest BCUT2D eigenvalue weighted by Gasteiger charge is 2.46. The van der Waals surface area contributed by atoms with Crippen molar-refractivity contribution in [2.75, 3.05) is 6.54 Å². The molecule has 0 aliphatic carbocycles. The maximum Gasteiger partial charge on any atom is 0.325 e. The van der Waals surface area contributed by atoms with Crippen molar-refractivity contribution in [3.63, 3.8) is 0 Å². The van der Waals surface area contributed by atoms with E-state index >= 15 is 0 Å². The maximum atomic E-state index is 11.5. The van der Waals surface area contributed by atoms with E-state index in [9.17, 15) is 9.90 Å². The van der Waals surface area contributed by atoms with Crippen LogP contribution in [0.4, 0.5) is 0 Å². The topological polar surface area (TPSA) is 66.6 Å². The van der Waals surface area contributed by atoms with Crippen molar-refractivity contribution < 1.29 is 9.90 Å². The van der Waals surface area contributed by atoms with Crippen LogP contribution in [-0.4, -0.2) is 34.1 Å². The van der Waals surface area contributed by atoms with Crippen molar-refractivity contribution >= 4 is 5.97 Å². The predicted molar refractivity (Wildman–Crippen MR) is 74.7 cm³/mol. The summed E-state index contributed by atoms with van der Waals surface area (Å²) >= 11 is 0. The molecule has 2 unspecified atom stereocenters. The lowest BCUT2D eigenvalue weighted by Crippen LogP contribution is -2.65. The molecule has 4 heteroatoms. The standard InChI is InChI=1S/C15H22N2O2/c1-2-13-15(16,14(18)19)9-6-10-17(13)11-12-7-4-3-5-8-12/h3-5,7-8,13H,2,6,9-11,16H2,1H3,(H,18,19). The number of nitrogens with two attached hydrogens (primary N) is 1. The summed E-state index contributed by atoms with van der Waals surface area (Å²) in [5, 5.41) is 9.43. The maximum absolute atomic E-state index is 11.5. The van der Waals surface area contributed by atoms with Gasteiger partial charge in [-0.2, -0.15) is 0 Å². The number of piperidine rings is 1. The number of carbonyl (C=O) groups is 1. The molecule has 4 nitrogen and oxygen atoms in total. The van der Waals surface area contributed by atoms with Crippen molar-refractivity contribution in [1.29, 1.82) is 0 Å². The van der Waals surface area contributed by atoms with E-state index in [1.807, 2.05) is 25.1 Å². The second-order valence-electron chi connectivity index (χ2n) is 5.33. The molecule has 0 spiro atoms. The second-order valence-corrected chi connectivity index (χ2v) is 5.33. The molecule has 0 radical (unpaired) electrons. The van der Waals surface area contributed by atoms with Gasteiger partial charge >= 0.3 is 5.97 Å². The van der Waals surface area contributed by atoms with E-state index in [2.05, 4.69) is 17.0 Å². The molecule has 1 aromatic rings. The summed E-state index contributed by atoms with van der Waals surface area (Å²) in [6.45, 7) is 3.70. The second kappa shape index (κ2) is 5.72. The SMILES string of the molecule is CCC1N(Cc2ccccc2)CCCC1(N)C(=O)O. The highest BCUT2D eigenvalue weighted by Crippen LogP contribution is 2.29. The van der Waals surface area contributed by atoms with E-state index in [0.29, 0.717) is 6.42 Å². The van der Waals surface area contributed by atoms with Crippen molar-refractivity contribution in [3.8, 4) is 0 Å². The molecule has 104 valence electrons. The largest absolute Gasteiger partial charge is 0.480 e. The number of hydrogen-bond donors (Lipinski definition) is 2. The number of likely N-dealkylation sites (tertiary alicyclic amines) is 1. The molecule has 0 saturated carbocycles. The number of carboxylic acids is 1. The molecular formula is C15H22N2O2. The highest BCUT2D eigenvalue weighted by atomic mass is 16.4. The summed E-state index contributed by atoms with van der Waals surface area (Å²) in [7, 11) is 0. The van der Waals surface area contributed by atoms with Gasteiger partial charge in [0.05, 0.1) is 0 Å². The molecule has 2 rings (SSSR count). The van der Waals surface area contributed by atoms with E-state index in [1.165, 1.54) is 5.56 Å². The number of aliphatic carboxylic acids is 1. The molecule has 1 aliphatic heterocycles. The smallest absolute Gasteiger partial charge is 0.325 e. The normalized spacial score (nSPS) is 28.2. The van der Waals surface area contributed by atoms with E-state index in [1.54, 1.807) is 0 Å². The number of benzene rings is 1. The van der Waals surface area contributed by atoms with Gasteiger partial charge in [0, 0.05) is 12.6 Å². The molecule has 1 aliphatic rings. The molecular weight excluding hydrogens is 240 g/mol. The van der Waals surface area contributed by atoms with Crippen molar-refractivity contribution in [1.82, 2.24) is 4.90 Å². The minimum atomic E-state index is -1.11. The molecule has 0 bridgehead atoms. The molecule has 1 heterocycles. The fourth-order valence-corrected chi connectivity index (χ4v) is 3.10. The van der Waals surface area contributed by atoms with E-state index in [4.69, 9.17) is 5.73 Å². The van der Waals surface area contributed by atoms with Crippen LogP contribution in [0.3, 0.4) is 0 Å². The molecule has 2 atom stereocenters. The van der Waals surface area contributed by atoms with Crippen LogP contribution in [-0.2, 0) is 11.3 Å². The first-order valence-electron chi connectivity index (χ1n) is 6.88. The van der Waals surface area contributed by atoms with Crippen LogP contribution in [0.1, 0.15) is 31.7 Å². The van der Waals surface area contributed by atoms with Gasteiger partial charge in [-0.1, -0.05) is 37.3 Å². The Morgan fingerprint density at radius 2 is 2.16 bits per heavy atom. The average molecular weight is 262 g/mol. The first-order chi connectivity index (χ1) is 9.08. The molecule has 1 aromatic carbocycles. The van der Waals surface area contributed by atoms with Gasteiger partial charge in [0.1, 0.15) is 5.54 Å². The molecule has 0 aromatic heterocycles. The van der Waals surface area contributed by atoms with Gasteiger partial charge in [0.25, 0.3) is 0 Å². The minimum Gasteiger partial charge on any atom is -0.480 e. The number of nitrogens with zero attached hydrogens (tertiary/aromatic N) is 1. The van der Waals surface area contributed by atoms with Gasteiger partial charge in [0.15, 0.2) is 0 Å². The zero-order chi connectivity index (χ0) is 13.9. The lowest BCUT2D eigenvalue weighted by Gasteiger charge is -2.45. The van der Waals surface area contributed by atoms with Crippen molar-refractivity contribution in [2.45, 2.75) is 44.3 Å². The lowest BCUT2D eigenvalue weighted by atomic mass is 9.80. The van der Waals surface area contributed by atoms with Gasteiger partial charge in [-0.15, -0.1) is 0 Å². The van der Waals surface area contributed by atoms with Crippen LogP contribution in [0.25, 0.3) is 0 Å². The van der Waals surface area contributed by atoms with Crippen LogP contribution >= 0.6 is 0 Å². The zero-order valence-corrected chi connectivity index (χ0v) is 11.4. The van der Waals surface area contributed by atoms with Crippen LogP contribution < -0.4 is 5.73 Å². The Bertz CT molecular complexity index is 435. The third-order valence-electron chi connectivity index (χ3n) is 4.08. The summed E-state index contributed by atoms with van der Waals surface area (Å²) in [5.74, 6) is -0.878. The molecule has 0 amide bonds. The Balaban J connectivity index is 2.18. The molecule has 1 saturated heterocycles. The minimum absolute atomic E-state index is 0.0982. The predicted octanol–water partition coefficient (Wildman–Crippen LogP) is 1.84. The summed E-state index contributed by atoms with van der Waals surface area (Å²) in [6, 6.07) is 10.0. The lowest BCUT2D eigenvalue weighted by molar-refractivity contribution is -0.148.